The van der Waals surface area contributed by atoms with Gasteiger partial charge in [0, 0.05) is 10.6 Å². The summed E-state index contributed by atoms with van der Waals surface area (Å²) in [5.41, 5.74) is 3.13. The summed E-state index contributed by atoms with van der Waals surface area (Å²) in [6.07, 6.45) is 1.62. The van der Waals surface area contributed by atoms with Crippen LogP contribution in [0.2, 0.25) is 5.02 Å². The summed E-state index contributed by atoms with van der Waals surface area (Å²) >= 11 is 6.18. The zero-order valence-electron chi connectivity index (χ0n) is 16.7. The van der Waals surface area contributed by atoms with E-state index in [1.54, 1.807) is 49.4 Å². The fraction of sp³-hybridized carbons (Fsp3) is 0.0909. The number of nitrogens with two attached hydrogens (primary N) is 1. The van der Waals surface area contributed by atoms with E-state index in [0.29, 0.717) is 39.1 Å². The number of primary sulfonamides is 1. The predicted octanol–water partition coefficient (Wildman–Crippen LogP) is 4.36. The predicted molar refractivity (Wildman–Crippen MR) is 120 cm³/mol. The average Bonchev–Trinajstić information content (AvgIpc) is 3.30. The van der Waals surface area contributed by atoms with Crippen molar-refractivity contribution in [1.29, 1.82) is 0 Å². The topological polar surface area (TPSA) is 106 Å². The third-order valence-corrected chi connectivity index (χ3v) is 6.18. The molecule has 0 unspecified atom stereocenters. The zero-order valence-corrected chi connectivity index (χ0v) is 18.2. The number of anilines is 1. The van der Waals surface area contributed by atoms with Crippen molar-refractivity contribution in [2.75, 3.05) is 5.01 Å². The number of sulfonamides is 1. The van der Waals surface area contributed by atoms with Gasteiger partial charge in [0.25, 0.3) is 5.91 Å². The summed E-state index contributed by atoms with van der Waals surface area (Å²) in [4.78, 5) is 12.9. The molecule has 0 saturated carbocycles. The van der Waals surface area contributed by atoms with Gasteiger partial charge >= 0.3 is 0 Å². The number of nitrogens with zero attached hydrogens (tertiary/aromatic N) is 2. The van der Waals surface area contributed by atoms with Gasteiger partial charge < -0.3 is 4.42 Å². The number of aryl methyl sites for hydroxylation is 1. The summed E-state index contributed by atoms with van der Waals surface area (Å²) in [7, 11) is -3.76. The van der Waals surface area contributed by atoms with Crippen LogP contribution in [0.25, 0.3) is 17.4 Å². The second kappa shape index (κ2) is 7.81. The second-order valence-electron chi connectivity index (χ2n) is 7.07. The van der Waals surface area contributed by atoms with Gasteiger partial charge in [-0.2, -0.15) is 10.1 Å². The minimum Gasteiger partial charge on any atom is -0.457 e. The van der Waals surface area contributed by atoms with E-state index in [-0.39, 0.29) is 10.8 Å². The Kier molecular flexibility index (Phi) is 5.30. The van der Waals surface area contributed by atoms with Crippen LogP contribution in [0.1, 0.15) is 18.2 Å². The van der Waals surface area contributed by atoms with E-state index in [2.05, 4.69) is 5.10 Å². The molecule has 9 heteroatoms. The number of hydrazone groups is 1. The number of halogens is 1. The van der Waals surface area contributed by atoms with Crippen LogP contribution in [0, 0.1) is 6.92 Å². The normalized spacial score (nSPS) is 15.6. The summed E-state index contributed by atoms with van der Waals surface area (Å²) in [5.74, 6) is 0.704. The molecule has 1 aromatic heterocycles. The van der Waals surface area contributed by atoms with Crippen LogP contribution in [0.15, 0.2) is 74.6 Å². The first kappa shape index (κ1) is 21.0. The molecular formula is C22H18ClN3O4S. The Morgan fingerprint density at radius 2 is 1.77 bits per heavy atom. The molecule has 2 heterocycles. The highest BCUT2D eigenvalue weighted by molar-refractivity contribution is 7.89. The van der Waals surface area contributed by atoms with Gasteiger partial charge in [0.15, 0.2) is 0 Å². The van der Waals surface area contributed by atoms with E-state index in [4.69, 9.17) is 21.2 Å². The van der Waals surface area contributed by atoms with Crippen LogP contribution in [-0.2, 0) is 14.8 Å². The molecule has 0 aliphatic carbocycles. The Labute approximate surface area is 184 Å². The van der Waals surface area contributed by atoms with E-state index in [1.807, 2.05) is 13.0 Å². The van der Waals surface area contributed by atoms with Crippen molar-refractivity contribution in [3.05, 3.63) is 76.5 Å². The fourth-order valence-electron chi connectivity index (χ4n) is 3.11. The van der Waals surface area contributed by atoms with Gasteiger partial charge in [-0.25, -0.2) is 13.6 Å². The van der Waals surface area contributed by atoms with Gasteiger partial charge in [-0.1, -0.05) is 17.7 Å². The smallest absolute Gasteiger partial charge is 0.280 e. The Morgan fingerprint density at radius 1 is 1.06 bits per heavy atom. The van der Waals surface area contributed by atoms with E-state index in [9.17, 15) is 13.2 Å². The minimum absolute atomic E-state index is 0.0184. The van der Waals surface area contributed by atoms with Gasteiger partial charge in [-0.05, 0) is 74.0 Å². The molecule has 4 rings (SSSR count). The van der Waals surface area contributed by atoms with Crippen molar-refractivity contribution in [3.63, 3.8) is 0 Å². The number of benzene rings is 2. The first-order valence-corrected chi connectivity index (χ1v) is 11.2. The summed E-state index contributed by atoms with van der Waals surface area (Å²) in [6.45, 7) is 3.63. The SMILES string of the molecule is CC1=NN(c2ccc(C)c(Cl)c2)C(=O)/C1=C\c1ccc(-c2ccc(S(N)(=O)=O)cc2)o1. The number of carbonyl (C=O) groups is 1. The van der Waals surface area contributed by atoms with Crippen molar-refractivity contribution in [1.82, 2.24) is 0 Å². The van der Waals surface area contributed by atoms with Crippen molar-refractivity contribution >= 4 is 45.0 Å². The average molecular weight is 456 g/mol. The molecule has 0 saturated heterocycles. The van der Waals surface area contributed by atoms with Crippen molar-refractivity contribution < 1.29 is 17.6 Å². The quantitative estimate of drug-likeness (QED) is 0.589. The summed E-state index contributed by atoms with van der Waals surface area (Å²) < 4.78 is 28.6. The lowest BCUT2D eigenvalue weighted by atomic mass is 10.1. The fourth-order valence-corrected chi connectivity index (χ4v) is 3.80. The summed E-state index contributed by atoms with van der Waals surface area (Å²) in [5, 5.41) is 11.3. The Hall–Kier alpha value is -3.20. The lowest BCUT2D eigenvalue weighted by Gasteiger charge is -2.12. The lowest BCUT2D eigenvalue weighted by molar-refractivity contribution is -0.114. The van der Waals surface area contributed by atoms with Gasteiger partial charge in [-0.15, -0.1) is 0 Å². The van der Waals surface area contributed by atoms with Crippen LogP contribution in [0.5, 0.6) is 0 Å². The van der Waals surface area contributed by atoms with Crippen LogP contribution in [0.3, 0.4) is 0 Å². The van der Waals surface area contributed by atoms with E-state index >= 15 is 0 Å². The highest BCUT2D eigenvalue weighted by Crippen LogP contribution is 2.30. The van der Waals surface area contributed by atoms with E-state index < -0.39 is 10.0 Å². The molecule has 1 aliphatic heterocycles. The molecule has 0 bridgehead atoms. The molecule has 0 atom stereocenters. The first-order valence-electron chi connectivity index (χ1n) is 9.24. The van der Waals surface area contributed by atoms with Gasteiger partial charge in [0.2, 0.25) is 10.0 Å². The Balaban J connectivity index is 1.60. The maximum absolute atomic E-state index is 12.9. The molecule has 1 amide bonds. The second-order valence-corrected chi connectivity index (χ2v) is 9.03. The molecule has 158 valence electrons. The minimum atomic E-state index is -3.76. The highest BCUT2D eigenvalue weighted by atomic mass is 35.5. The molecule has 2 aromatic carbocycles. The van der Waals surface area contributed by atoms with Crippen molar-refractivity contribution in [3.8, 4) is 11.3 Å². The third-order valence-electron chi connectivity index (χ3n) is 4.84. The molecule has 7 nitrogen and oxygen atoms in total. The molecule has 3 aromatic rings. The van der Waals surface area contributed by atoms with Crippen molar-refractivity contribution in [2.45, 2.75) is 18.7 Å². The van der Waals surface area contributed by atoms with Crippen LogP contribution in [0.4, 0.5) is 5.69 Å². The monoisotopic (exact) mass is 455 g/mol. The van der Waals surface area contributed by atoms with Gasteiger partial charge in [0.1, 0.15) is 11.5 Å². The first-order chi connectivity index (χ1) is 14.6. The molecule has 0 spiro atoms. The molecular weight excluding hydrogens is 438 g/mol. The molecule has 0 radical (unpaired) electrons. The number of amides is 1. The maximum atomic E-state index is 12.9. The van der Waals surface area contributed by atoms with E-state index in [0.717, 1.165) is 5.56 Å². The third kappa shape index (κ3) is 4.18. The van der Waals surface area contributed by atoms with Crippen LogP contribution < -0.4 is 10.1 Å². The Bertz CT molecular complexity index is 1360. The maximum Gasteiger partial charge on any atom is 0.280 e. The number of hydrogen-bond donors (Lipinski definition) is 1. The number of rotatable bonds is 4. The number of carbonyl (C=O) groups excluding carboxylic acids is 1. The number of furan rings is 1. The zero-order chi connectivity index (χ0) is 22.3. The molecule has 1 aliphatic rings. The largest absolute Gasteiger partial charge is 0.457 e. The number of hydrogen-bond acceptors (Lipinski definition) is 5. The summed E-state index contributed by atoms with van der Waals surface area (Å²) in [6, 6.07) is 14.8. The van der Waals surface area contributed by atoms with Crippen LogP contribution >= 0.6 is 11.6 Å². The molecule has 0 fully saturated rings. The van der Waals surface area contributed by atoms with Gasteiger partial charge in [-0.3, -0.25) is 4.79 Å². The van der Waals surface area contributed by atoms with Crippen LogP contribution in [-0.4, -0.2) is 20.0 Å². The Morgan fingerprint density at radius 3 is 2.42 bits per heavy atom. The standard InChI is InChI=1S/C22H18ClN3O4S/c1-13-3-6-16(11-20(13)23)26-22(27)19(14(2)25-26)12-17-7-10-21(30-17)15-4-8-18(9-5-15)31(24,28)29/h3-12H,1-2H3,(H2,24,28,29)/b19-12-. The lowest BCUT2D eigenvalue weighted by Crippen LogP contribution is -2.21. The van der Waals surface area contributed by atoms with Crippen molar-refractivity contribution in [2.24, 2.45) is 10.2 Å². The molecule has 2 N–H and O–H groups in total. The van der Waals surface area contributed by atoms with E-state index in [1.165, 1.54) is 17.1 Å². The van der Waals surface area contributed by atoms with Gasteiger partial charge in [0.05, 0.1) is 21.9 Å². The highest BCUT2D eigenvalue weighted by Gasteiger charge is 2.29. The molecule has 31 heavy (non-hydrogen) atoms.